The zero-order valence-corrected chi connectivity index (χ0v) is 12.3. The summed E-state index contributed by atoms with van der Waals surface area (Å²) in [7, 11) is 0. The molecule has 4 heteroatoms. The summed E-state index contributed by atoms with van der Waals surface area (Å²) in [6, 6.07) is 8.66. The first-order chi connectivity index (χ1) is 9.11. The summed E-state index contributed by atoms with van der Waals surface area (Å²) in [5, 5.41) is 9.23. The fraction of sp³-hybridized carbons (Fsp3) is 0.533. The number of rotatable bonds is 4. The maximum Gasteiger partial charge on any atom is 0.308 e. The molecule has 1 aliphatic rings. The largest absolute Gasteiger partial charge is 0.481 e. The average molecular weight is 279 g/mol. The molecule has 1 saturated heterocycles. The molecule has 0 radical (unpaired) electrons. The SMILES string of the molecule is CSc1ccc(CN2CCC[C@H](C(=O)O)[C@@H]2C)cc1. The second-order valence-electron chi connectivity index (χ2n) is 5.15. The molecule has 1 aromatic rings. The summed E-state index contributed by atoms with van der Waals surface area (Å²) in [6.45, 7) is 3.88. The Bertz CT molecular complexity index is 432. The summed E-state index contributed by atoms with van der Waals surface area (Å²) in [5.74, 6) is -0.880. The van der Waals surface area contributed by atoms with Gasteiger partial charge in [0.05, 0.1) is 5.92 Å². The molecule has 2 rings (SSSR count). The van der Waals surface area contributed by atoms with Gasteiger partial charge in [-0.25, -0.2) is 0 Å². The van der Waals surface area contributed by atoms with E-state index in [-0.39, 0.29) is 12.0 Å². The van der Waals surface area contributed by atoms with E-state index in [1.807, 2.05) is 6.92 Å². The molecular weight excluding hydrogens is 258 g/mol. The lowest BCUT2D eigenvalue weighted by molar-refractivity contribution is -0.145. The van der Waals surface area contributed by atoms with Gasteiger partial charge in [0, 0.05) is 17.5 Å². The highest BCUT2D eigenvalue weighted by Crippen LogP contribution is 2.25. The van der Waals surface area contributed by atoms with E-state index in [1.165, 1.54) is 10.5 Å². The van der Waals surface area contributed by atoms with Crippen molar-refractivity contribution < 1.29 is 9.90 Å². The average Bonchev–Trinajstić information content (AvgIpc) is 2.41. The molecule has 0 amide bonds. The standard InChI is InChI=1S/C15H21NO2S/c1-11-14(15(17)18)4-3-9-16(11)10-12-5-7-13(19-2)8-6-12/h5-8,11,14H,3-4,9-10H2,1-2H3,(H,17,18)/t11-,14-/m0/s1. The summed E-state index contributed by atoms with van der Waals surface area (Å²) in [4.78, 5) is 14.8. The topological polar surface area (TPSA) is 40.5 Å². The molecule has 104 valence electrons. The van der Waals surface area contributed by atoms with Crippen LogP contribution < -0.4 is 0 Å². The summed E-state index contributed by atoms with van der Waals surface area (Å²) >= 11 is 1.74. The molecule has 1 fully saturated rings. The fourth-order valence-corrected chi connectivity index (χ4v) is 3.14. The van der Waals surface area contributed by atoms with Crippen LogP contribution >= 0.6 is 11.8 Å². The minimum absolute atomic E-state index is 0.117. The van der Waals surface area contributed by atoms with E-state index < -0.39 is 5.97 Å². The van der Waals surface area contributed by atoms with E-state index in [4.69, 9.17) is 0 Å². The summed E-state index contributed by atoms with van der Waals surface area (Å²) in [5.41, 5.74) is 1.26. The summed E-state index contributed by atoms with van der Waals surface area (Å²) in [6.07, 6.45) is 3.85. The van der Waals surface area contributed by atoms with Crippen molar-refractivity contribution in [1.82, 2.24) is 4.90 Å². The van der Waals surface area contributed by atoms with E-state index >= 15 is 0 Å². The van der Waals surface area contributed by atoms with Crippen molar-refractivity contribution in [3.63, 3.8) is 0 Å². The van der Waals surface area contributed by atoms with Gasteiger partial charge < -0.3 is 5.11 Å². The van der Waals surface area contributed by atoms with E-state index in [2.05, 4.69) is 35.4 Å². The Morgan fingerprint density at radius 3 is 2.68 bits per heavy atom. The molecule has 0 unspecified atom stereocenters. The van der Waals surface area contributed by atoms with Crippen molar-refractivity contribution in [2.45, 2.75) is 37.2 Å². The Hall–Kier alpha value is -1.00. The number of likely N-dealkylation sites (tertiary alicyclic amines) is 1. The number of carboxylic acids is 1. The molecule has 0 aromatic heterocycles. The van der Waals surface area contributed by atoms with Crippen LogP contribution in [0, 0.1) is 5.92 Å². The van der Waals surface area contributed by atoms with Crippen molar-refractivity contribution in [2.24, 2.45) is 5.92 Å². The minimum atomic E-state index is -0.657. The number of hydrogen-bond acceptors (Lipinski definition) is 3. The number of thioether (sulfide) groups is 1. The maximum absolute atomic E-state index is 11.2. The molecule has 19 heavy (non-hydrogen) atoms. The van der Waals surface area contributed by atoms with Crippen LogP contribution in [0.15, 0.2) is 29.2 Å². The highest BCUT2D eigenvalue weighted by Gasteiger charge is 2.32. The normalized spacial score (nSPS) is 24.3. The zero-order chi connectivity index (χ0) is 13.8. The second-order valence-corrected chi connectivity index (χ2v) is 6.03. The van der Waals surface area contributed by atoms with Crippen molar-refractivity contribution in [3.05, 3.63) is 29.8 Å². The third-order valence-corrected chi connectivity index (χ3v) is 4.72. The molecule has 3 nitrogen and oxygen atoms in total. The first-order valence-corrected chi connectivity index (χ1v) is 7.94. The van der Waals surface area contributed by atoms with Gasteiger partial charge in [0.15, 0.2) is 0 Å². The molecule has 0 aliphatic carbocycles. The van der Waals surface area contributed by atoms with Gasteiger partial charge in [-0.3, -0.25) is 9.69 Å². The molecule has 1 heterocycles. The van der Waals surface area contributed by atoms with Crippen LogP contribution in [0.2, 0.25) is 0 Å². The lowest BCUT2D eigenvalue weighted by Crippen LogP contribution is -2.45. The molecule has 0 bridgehead atoms. The predicted octanol–water partition coefficient (Wildman–Crippen LogP) is 3.09. The van der Waals surface area contributed by atoms with Gasteiger partial charge in [0.2, 0.25) is 0 Å². The molecule has 2 atom stereocenters. The van der Waals surface area contributed by atoms with Gasteiger partial charge in [-0.15, -0.1) is 11.8 Å². The monoisotopic (exact) mass is 279 g/mol. The molecular formula is C15H21NO2S. The number of carbonyl (C=O) groups is 1. The number of piperidine rings is 1. The van der Waals surface area contributed by atoms with Crippen LogP contribution in [0.25, 0.3) is 0 Å². The van der Waals surface area contributed by atoms with E-state index in [0.29, 0.717) is 0 Å². The number of benzene rings is 1. The Morgan fingerprint density at radius 1 is 1.42 bits per heavy atom. The third-order valence-electron chi connectivity index (χ3n) is 3.98. The van der Waals surface area contributed by atoms with Crippen LogP contribution in [0.1, 0.15) is 25.3 Å². The minimum Gasteiger partial charge on any atom is -0.481 e. The molecule has 0 spiro atoms. The van der Waals surface area contributed by atoms with Gasteiger partial charge in [-0.05, 0) is 50.3 Å². The van der Waals surface area contributed by atoms with Gasteiger partial charge in [0.25, 0.3) is 0 Å². The molecule has 1 aromatic carbocycles. The molecule has 1 aliphatic heterocycles. The van der Waals surface area contributed by atoms with E-state index in [9.17, 15) is 9.90 Å². The van der Waals surface area contributed by atoms with Gasteiger partial charge in [-0.1, -0.05) is 12.1 Å². The Labute approximate surface area is 119 Å². The van der Waals surface area contributed by atoms with Crippen LogP contribution in [0.3, 0.4) is 0 Å². The van der Waals surface area contributed by atoms with Crippen molar-refractivity contribution in [1.29, 1.82) is 0 Å². The van der Waals surface area contributed by atoms with Crippen molar-refractivity contribution >= 4 is 17.7 Å². The number of hydrogen-bond donors (Lipinski definition) is 1. The predicted molar refractivity (Wildman–Crippen MR) is 78.5 cm³/mol. The van der Waals surface area contributed by atoms with Crippen LogP contribution in [0.4, 0.5) is 0 Å². The number of carboxylic acid groups (broad SMARTS) is 1. The van der Waals surface area contributed by atoms with Crippen molar-refractivity contribution in [3.8, 4) is 0 Å². The highest BCUT2D eigenvalue weighted by atomic mass is 32.2. The Balaban J connectivity index is 2.02. The fourth-order valence-electron chi connectivity index (χ4n) is 2.73. The third kappa shape index (κ3) is 3.51. The first kappa shape index (κ1) is 14.4. The van der Waals surface area contributed by atoms with Crippen LogP contribution in [-0.2, 0) is 11.3 Å². The van der Waals surface area contributed by atoms with Crippen molar-refractivity contribution in [2.75, 3.05) is 12.8 Å². The first-order valence-electron chi connectivity index (χ1n) is 6.71. The quantitative estimate of drug-likeness (QED) is 0.860. The molecule has 1 N–H and O–H groups in total. The van der Waals surface area contributed by atoms with E-state index in [0.717, 1.165) is 25.9 Å². The van der Waals surface area contributed by atoms with Gasteiger partial charge in [0.1, 0.15) is 0 Å². The van der Waals surface area contributed by atoms with Gasteiger partial charge in [-0.2, -0.15) is 0 Å². The molecule has 0 saturated carbocycles. The van der Waals surface area contributed by atoms with Gasteiger partial charge >= 0.3 is 5.97 Å². The smallest absolute Gasteiger partial charge is 0.308 e. The second kappa shape index (κ2) is 6.44. The van der Waals surface area contributed by atoms with Crippen LogP contribution in [-0.4, -0.2) is 34.8 Å². The maximum atomic E-state index is 11.2. The summed E-state index contributed by atoms with van der Waals surface area (Å²) < 4.78 is 0. The Kier molecular flexibility index (Phi) is 4.88. The highest BCUT2D eigenvalue weighted by molar-refractivity contribution is 7.98. The Morgan fingerprint density at radius 2 is 2.11 bits per heavy atom. The van der Waals surface area contributed by atoms with E-state index in [1.54, 1.807) is 11.8 Å². The van der Waals surface area contributed by atoms with Crippen LogP contribution in [0.5, 0.6) is 0 Å². The lowest BCUT2D eigenvalue weighted by Gasteiger charge is -2.37. The zero-order valence-electron chi connectivity index (χ0n) is 11.5. The number of nitrogens with zero attached hydrogens (tertiary/aromatic N) is 1. The lowest BCUT2D eigenvalue weighted by atomic mass is 9.90. The number of aliphatic carboxylic acids is 1.